The third-order valence-corrected chi connectivity index (χ3v) is 7.42. The van der Waals surface area contributed by atoms with Crippen molar-refractivity contribution in [3.05, 3.63) is 40.8 Å². The van der Waals surface area contributed by atoms with Gasteiger partial charge in [0.05, 0.1) is 5.56 Å². The second kappa shape index (κ2) is 9.32. The molecule has 0 atom stereocenters. The summed E-state index contributed by atoms with van der Waals surface area (Å²) in [7, 11) is 3.41. The van der Waals surface area contributed by atoms with E-state index in [2.05, 4.69) is 47.9 Å². The number of pyridine rings is 1. The molecule has 0 spiro atoms. The first kappa shape index (κ1) is 26.9. The molecular formula is C25H30F3N5O3S. The molecule has 1 aromatic carbocycles. The molecule has 37 heavy (non-hydrogen) atoms. The summed E-state index contributed by atoms with van der Waals surface area (Å²) in [5, 5.41) is 23.4. The first-order valence-corrected chi connectivity index (χ1v) is 12.5. The Kier molecular flexibility index (Phi) is 6.78. The molecule has 0 aliphatic carbocycles. The molecule has 3 heterocycles. The van der Waals surface area contributed by atoms with E-state index in [4.69, 9.17) is 0 Å². The summed E-state index contributed by atoms with van der Waals surface area (Å²) >= 11 is 1.06. The van der Waals surface area contributed by atoms with Crippen LogP contribution in [0, 0.1) is 0 Å². The van der Waals surface area contributed by atoms with Gasteiger partial charge in [-0.15, -0.1) is 23.4 Å². The number of phenols is 1. The van der Waals surface area contributed by atoms with E-state index in [0.29, 0.717) is 5.13 Å². The molecule has 1 aliphatic rings. The van der Waals surface area contributed by atoms with E-state index in [1.807, 2.05) is 11.9 Å². The number of rotatable bonds is 5. The Morgan fingerprint density at radius 3 is 2.46 bits per heavy atom. The highest BCUT2D eigenvalue weighted by atomic mass is 32.1. The van der Waals surface area contributed by atoms with Gasteiger partial charge in [-0.3, -0.25) is 4.79 Å². The number of ether oxygens (including phenoxy) is 1. The van der Waals surface area contributed by atoms with Crippen LogP contribution in [0.4, 0.5) is 18.3 Å². The Morgan fingerprint density at radius 2 is 1.84 bits per heavy atom. The van der Waals surface area contributed by atoms with Crippen LogP contribution < -0.4 is 20.5 Å². The summed E-state index contributed by atoms with van der Waals surface area (Å²) in [5.41, 5.74) is -0.706. The molecule has 0 unspecified atom stereocenters. The normalized spacial score (nSPS) is 17.5. The molecule has 1 aliphatic heterocycles. The van der Waals surface area contributed by atoms with Crippen LogP contribution in [0.1, 0.15) is 40.5 Å². The number of hydrogen-bond acceptors (Lipinski definition) is 8. The minimum absolute atomic E-state index is 0.0681. The van der Waals surface area contributed by atoms with Crippen LogP contribution in [0.25, 0.3) is 21.7 Å². The second-order valence-corrected chi connectivity index (χ2v) is 11.7. The van der Waals surface area contributed by atoms with Crippen LogP contribution in [0.15, 0.2) is 35.3 Å². The molecule has 0 bridgehead atoms. The van der Waals surface area contributed by atoms with Crippen LogP contribution in [0.3, 0.4) is 0 Å². The number of nitrogens with one attached hydrogen (secondary N) is 1. The monoisotopic (exact) mass is 537 g/mol. The molecule has 200 valence electrons. The molecule has 8 nitrogen and oxygen atoms in total. The summed E-state index contributed by atoms with van der Waals surface area (Å²) in [4.78, 5) is 14.5. The van der Waals surface area contributed by atoms with Gasteiger partial charge in [0.1, 0.15) is 11.5 Å². The SMILES string of the molecule is CN(c1nnc(-c2c(O)cc(-c3cccn(C)c3=O)cc2OC(F)(F)F)s1)C1CC(C)(C)NC(C)(C)C1. The topological polar surface area (TPSA) is 92.5 Å². The first-order valence-electron chi connectivity index (χ1n) is 11.7. The number of nitrogens with zero attached hydrogens (tertiary/aromatic N) is 4. The lowest BCUT2D eigenvalue weighted by Gasteiger charge is -2.48. The molecule has 4 rings (SSSR count). The zero-order valence-electron chi connectivity index (χ0n) is 21.5. The Labute approximate surface area is 216 Å². The Morgan fingerprint density at radius 1 is 1.19 bits per heavy atom. The van der Waals surface area contributed by atoms with Crippen molar-refractivity contribution >= 4 is 16.5 Å². The third-order valence-electron chi connectivity index (χ3n) is 6.39. The summed E-state index contributed by atoms with van der Waals surface area (Å²) in [6.45, 7) is 8.50. The fraction of sp³-hybridized carbons (Fsp3) is 0.480. The Balaban J connectivity index is 1.75. The maximum Gasteiger partial charge on any atom is 0.573 e. The van der Waals surface area contributed by atoms with E-state index in [-0.39, 0.29) is 38.8 Å². The minimum Gasteiger partial charge on any atom is -0.507 e. The maximum absolute atomic E-state index is 13.4. The molecule has 0 saturated carbocycles. The quantitative estimate of drug-likeness (QED) is 0.477. The smallest absolute Gasteiger partial charge is 0.507 e. The molecule has 2 aromatic heterocycles. The van der Waals surface area contributed by atoms with E-state index in [1.165, 1.54) is 29.9 Å². The predicted octanol–water partition coefficient (Wildman–Crippen LogP) is 4.92. The predicted molar refractivity (Wildman–Crippen MR) is 137 cm³/mol. The zero-order chi connectivity index (χ0) is 27.3. The lowest BCUT2D eigenvalue weighted by atomic mass is 9.79. The van der Waals surface area contributed by atoms with Crippen molar-refractivity contribution in [3.63, 3.8) is 0 Å². The summed E-state index contributed by atoms with van der Waals surface area (Å²) in [5.74, 6) is -1.17. The van der Waals surface area contributed by atoms with Gasteiger partial charge in [-0.25, -0.2) is 0 Å². The molecule has 2 N–H and O–H groups in total. The van der Waals surface area contributed by atoms with Crippen molar-refractivity contribution in [2.75, 3.05) is 11.9 Å². The van der Waals surface area contributed by atoms with E-state index >= 15 is 0 Å². The fourth-order valence-electron chi connectivity index (χ4n) is 5.15. The number of aromatic nitrogens is 3. The largest absolute Gasteiger partial charge is 0.573 e. The average Bonchev–Trinajstić information content (AvgIpc) is 3.21. The lowest BCUT2D eigenvalue weighted by molar-refractivity contribution is -0.274. The van der Waals surface area contributed by atoms with E-state index < -0.39 is 23.4 Å². The van der Waals surface area contributed by atoms with Crippen LogP contribution in [-0.2, 0) is 7.05 Å². The van der Waals surface area contributed by atoms with Crippen molar-refractivity contribution in [3.8, 4) is 33.2 Å². The number of halogens is 3. The molecular weight excluding hydrogens is 507 g/mol. The van der Waals surface area contributed by atoms with Crippen molar-refractivity contribution in [1.29, 1.82) is 0 Å². The molecule has 1 saturated heterocycles. The molecule has 12 heteroatoms. The lowest BCUT2D eigenvalue weighted by Crippen LogP contribution is -2.61. The van der Waals surface area contributed by atoms with Gasteiger partial charge in [0.15, 0.2) is 5.01 Å². The summed E-state index contributed by atoms with van der Waals surface area (Å²) < 4.78 is 45.6. The number of alkyl halides is 3. The highest BCUT2D eigenvalue weighted by Crippen LogP contribution is 2.45. The number of aryl methyl sites for hydroxylation is 1. The highest BCUT2D eigenvalue weighted by molar-refractivity contribution is 7.18. The number of hydrogen-bond donors (Lipinski definition) is 2. The Hall–Kier alpha value is -3.12. The van der Waals surface area contributed by atoms with E-state index in [0.717, 1.165) is 30.2 Å². The summed E-state index contributed by atoms with van der Waals surface area (Å²) in [6, 6.07) is 5.49. The molecule has 0 radical (unpaired) electrons. The van der Waals surface area contributed by atoms with Gasteiger partial charge >= 0.3 is 6.36 Å². The van der Waals surface area contributed by atoms with Crippen LogP contribution >= 0.6 is 11.3 Å². The van der Waals surface area contributed by atoms with Crippen molar-refractivity contribution in [1.82, 2.24) is 20.1 Å². The Bertz CT molecular complexity index is 1350. The minimum atomic E-state index is -5.03. The maximum atomic E-state index is 13.4. The number of phenolic OH excluding ortho intramolecular Hbond substituents is 1. The van der Waals surface area contributed by atoms with Gasteiger partial charge in [-0.05, 0) is 70.4 Å². The van der Waals surface area contributed by atoms with Crippen molar-refractivity contribution < 1.29 is 23.0 Å². The fourth-order valence-corrected chi connectivity index (χ4v) is 6.09. The number of benzene rings is 1. The van der Waals surface area contributed by atoms with Crippen LogP contribution in [-0.4, -0.2) is 50.4 Å². The van der Waals surface area contributed by atoms with Crippen LogP contribution in [0.5, 0.6) is 11.5 Å². The van der Waals surface area contributed by atoms with Gasteiger partial charge < -0.3 is 24.6 Å². The van der Waals surface area contributed by atoms with Gasteiger partial charge in [0.25, 0.3) is 5.56 Å². The van der Waals surface area contributed by atoms with Gasteiger partial charge in [0.2, 0.25) is 5.13 Å². The highest BCUT2D eigenvalue weighted by Gasteiger charge is 2.40. The number of piperidine rings is 1. The molecule has 1 fully saturated rings. The van der Waals surface area contributed by atoms with Gasteiger partial charge in [-0.1, -0.05) is 11.3 Å². The molecule has 3 aromatic rings. The number of aromatic hydroxyl groups is 1. The van der Waals surface area contributed by atoms with Gasteiger partial charge in [-0.2, -0.15) is 0 Å². The zero-order valence-corrected chi connectivity index (χ0v) is 22.3. The number of anilines is 1. The average molecular weight is 538 g/mol. The summed E-state index contributed by atoms with van der Waals surface area (Å²) in [6.07, 6.45) is -1.85. The standard InChI is InChI=1S/C25H30F3N5O3S/c1-23(2)12-15(13-24(3,4)31-23)33(6)22-30-29-20(37-22)19-17(34)10-14(11-18(19)36-25(26,27)28)16-8-7-9-32(5)21(16)35/h7-11,15,31,34H,12-13H2,1-6H3. The van der Waals surface area contributed by atoms with E-state index in [1.54, 1.807) is 6.07 Å². The van der Waals surface area contributed by atoms with Crippen LogP contribution in [0.2, 0.25) is 0 Å². The second-order valence-electron chi connectivity index (χ2n) is 10.7. The molecule has 0 amide bonds. The van der Waals surface area contributed by atoms with Gasteiger partial charge in [0, 0.05) is 43.0 Å². The van der Waals surface area contributed by atoms with Crippen molar-refractivity contribution in [2.24, 2.45) is 7.05 Å². The third kappa shape index (κ3) is 5.90. The first-order chi connectivity index (χ1) is 17.1. The van der Waals surface area contributed by atoms with Crippen molar-refractivity contribution in [2.45, 2.75) is 64.0 Å². The van der Waals surface area contributed by atoms with E-state index in [9.17, 15) is 23.1 Å².